The summed E-state index contributed by atoms with van der Waals surface area (Å²) in [5, 5.41) is 6.81. The Balaban J connectivity index is 1.62. The first-order valence-electron chi connectivity index (χ1n) is 8.43. The molecule has 7 nitrogen and oxygen atoms in total. The molecule has 126 valence electrons. The summed E-state index contributed by atoms with van der Waals surface area (Å²) in [5.41, 5.74) is 5.76. The Morgan fingerprint density at radius 3 is 2.91 bits per heavy atom. The number of nitrogens with one attached hydrogen (secondary N) is 1. The number of nitrogens with zero attached hydrogens (tertiary/aromatic N) is 2. The van der Waals surface area contributed by atoms with Crippen molar-refractivity contribution in [2.45, 2.75) is 50.5 Å². The minimum absolute atomic E-state index is 0.0130. The van der Waals surface area contributed by atoms with Crippen LogP contribution in [0.15, 0.2) is 10.6 Å². The van der Waals surface area contributed by atoms with Gasteiger partial charge in [-0.1, -0.05) is 5.16 Å². The van der Waals surface area contributed by atoms with Crippen LogP contribution in [0.25, 0.3) is 0 Å². The van der Waals surface area contributed by atoms with Crippen LogP contribution in [0.4, 0.5) is 0 Å². The molecule has 1 aliphatic heterocycles. The summed E-state index contributed by atoms with van der Waals surface area (Å²) in [6.45, 7) is 1.50. The molecule has 23 heavy (non-hydrogen) atoms. The number of piperidine rings is 1. The summed E-state index contributed by atoms with van der Waals surface area (Å²) in [5.74, 6) is 1.09. The van der Waals surface area contributed by atoms with E-state index in [1.807, 2.05) is 4.90 Å². The number of carbonyl (C=O) groups is 2. The molecule has 0 radical (unpaired) electrons. The van der Waals surface area contributed by atoms with E-state index in [2.05, 4.69) is 10.5 Å². The zero-order valence-corrected chi connectivity index (χ0v) is 13.3. The molecule has 0 spiro atoms. The maximum absolute atomic E-state index is 12.7. The van der Waals surface area contributed by atoms with E-state index in [9.17, 15) is 9.59 Å². The molecule has 2 heterocycles. The van der Waals surface area contributed by atoms with Crippen molar-refractivity contribution >= 4 is 11.8 Å². The van der Waals surface area contributed by atoms with Gasteiger partial charge in [0.05, 0.1) is 0 Å². The molecule has 1 saturated heterocycles. The number of likely N-dealkylation sites (tertiary alicyclic amines) is 1. The molecule has 7 heteroatoms. The van der Waals surface area contributed by atoms with Crippen LogP contribution in [0.2, 0.25) is 0 Å². The van der Waals surface area contributed by atoms with Crippen LogP contribution >= 0.6 is 0 Å². The molecular weight excluding hydrogens is 296 g/mol. The maximum Gasteiger partial charge on any atom is 0.276 e. The van der Waals surface area contributed by atoms with Crippen molar-refractivity contribution in [2.24, 2.45) is 5.73 Å². The summed E-state index contributed by atoms with van der Waals surface area (Å²) in [6.07, 6.45) is 5.47. The highest BCUT2D eigenvalue weighted by molar-refractivity contribution is 5.92. The molecule has 0 aromatic carbocycles. The Hall–Kier alpha value is -1.89. The monoisotopic (exact) mass is 320 g/mol. The molecular formula is C16H24N4O3. The summed E-state index contributed by atoms with van der Waals surface area (Å²) >= 11 is 0. The van der Waals surface area contributed by atoms with Gasteiger partial charge in [0.25, 0.3) is 5.91 Å². The average molecular weight is 320 g/mol. The number of hydrogen-bond acceptors (Lipinski definition) is 5. The molecule has 1 aromatic heterocycles. The SMILES string of the molecule is NCCC(=O)NCC1CCCCN1C(=O)c1cc(C2CC2)on1. The van der Waals surface area contributed by atoms with Crippen molar-refractivity contribution in [3.05, 3.63) is 17.5 Å². The topological polar surface area (TPSA) is 101 Å². The summed E-state index contributed by atoms with van der Waals surface area (Å²) < 4.78 is 5.28. The molecule has 3 rings (SSSR count). The van der Waals surface area contributed by atoms with Gasteiger partial charge in [0.15, 0.2) is 5.69 Å². The van der Waals surface area contributed by atoms with Crippen LogP contribution < -0.4 is 11.1 Å². The zero-order valence-electron chi connectivity index (χ0n) is 13.3. The summed E-state index contributed by atoms with van der Waals surface area (Å²) in [7, 11) is 0. The van der Waals surface area contributed by atoms with E-state index < -0.39 is 0 Å². The first-order valence-corrected chi connectivity index (χ1v) is 8.43. The van der Waals surface area contributed by atoms with Crippen molar-refractivity contribution in [3.63, 3.8) is 0 Å². The van der Waals surface area contributed by atoms with Crippen molar-refractivity contribution in [1.82, 2.24) is 15.4 Å². The number of aromatic nitrogens is 1. The first-order chi connectivity index (χ1) is 11.2. The molecule has 1 aromatic rings. The highest BCUT2D eigenvalue weighted by Crippen LogP contribution is 2.40. The van der Waals surface area contributed by atoms with Gasteiger partial charge in [0, 0.05) is 44.1 Å². The normalized spacial score (nSPS) is 21.3. The largest absolute Gasteiger partial charge is 0.360 e. The third-order valence-corrected chi connectivity index (χ3v) is 4.52. The lowest BCUT2D eigenvalue weighted by molar-refractivity contribution is -0.121. The molecule has 1 aliphatic carbocycles. The van der Waals surface area contributed by atoms with Gasteiger partial charge >= 0.3 is 0 Å². The Kier molecular flexibility index (Phi) is 4.95. The number of rotatable bonds is 6. The van der Waals surface area contributed by atoms with E-state index >= 15 is 0 Å². The van der Waals surface area contributed by atoms with Gasteiger partial charge in [-0.15, -0.1) is 0 Å². The van der Waals surface area contributed by atoms with Crippen molar-refractivity contribution in [2.75, 3.05) is 19.6 Å². The fourth-order valence-electron chi connectivity index (χ4n) is 3.03. The maximum atomic E-state index is 12.7. The quantitative estimate of drug-likeness (QED) is 0.814. The van der Waals surface area contributed by atoms with E-state index in [1.54, 1.807) is 6.07 Å². The lowest BCUT2D eigenvalue weighted by atomic mass is 10.0. The second-order valence-corrected chi connectivity index (χ2v) is 6.38. The van der Waals surface area contributed by atoms with Crippen molar-refractivity contribution < 1.29 is 14.1 Å². The van der Waals surface area contributed by atoms with Crippen LogP contribution in [-0.4, -0.2) is 47.5 Å². The van der Waals surface area contributed by atoms with Crippen molar-refractivity contribution in [1.29, 1.82) is 0 Å². The van der Waals surface area contributed by atoms with Gasteiger partial charge < -0.3 is 20.5 Å². The van der Waals surface area contributed by atoms with Crippen LogP contribution in [0.3, 0.4) is 0 Å². The second-order valence-electron chi connectivity index (χ2n) is 6.38. The van der Waals surface area contributed by atoms with Gasteiger partial charge in [-0.3, -0.25) is 9.59 Å². The number of amides is 2. The predicted octanol–water partition coefficient (Wildman–Crippen LogP) is 1.01. The molecule has 2 fully saturated rings. The molecule has 3 N–H and O–H groups in total. The minimum Gasteiger partial charge on any atom is -0.360 e. The molecule has 2 amide bonds. The minimum atomic E-state index is -0.0987. The lowest BCUT2D eigenvalue weighted by Crippen LogP contribution is -2.49. The molecule has 2 aliphatic rings. The Bertz CT molecular complexity index is 567. The van der Waals surface area contributed by atoms with Crippen LogP contribution in [-0.2, 0) is 4.79 Å². The van der Waals surface area contributed by atoms with Crippen LogP contribution in [0.5, 0.6) is 0 Å². The number of carbonyl (C=O) groups excluding carboxylic acids is 2. The molecule has 1 unspecified atom stereocenters. The molecule has 1 saturated carbocycles. The van der Waals surface area contributed by atoms with Crippen molar-refractivity contribution in [3.8, 4) is 0 Å². The zero-order chi connectivity index (χ0) is 16.2. The fourth-order valence-corrected chi connectivity index (χ4v) is 3.03. The smallest absolute Gasteiger partial charge is 0.276 e. The molecule has 0 bridgehead atoms. The Morgan fingerprint density at radius 1 is 1.35 bits per heavy atom. The van der Waals surface area contributed by atoms with E-state index in [1.165, 1.54) is 0 Å². The fraction of sp³-hybridized carbons (Fsp3) is 0.688. The highest BCUT2D eigenvalue weighted by atomic mass is 16.5. The number of hydrogen-bond donors (Lipinski definition) is 2. The van der Waals surface area contributed by atoms with E-state index in [4.69, 9.17) is 10.3 Å². The van der Waals surface area contributed by atoms with Gasteiger partial charge in [0.1, 0.15) is 5.76 Å². The highest BCUT2D eigenvalue weighted by Gasteiger charge is 2.32. The van der Waals surface area contributed by atoms with E-state index in [-0.39, 0.29) is 17.9 Å². The van der Waals surface area contributed by atoms with Gasteiger partial charge in [-0.25, -0.2) is 0 Å². The predicted molar refractivity (Wildman–Crippen MR) is 83.8 cm³/mol. The average Bonchev–Trinajstić information content (AvgIpc) is 3.30. The third kappa shape index (κ3) is 3.90. The second kappa shape index (κ2) is 7.12. The standard InChI is InChI=1S/C16H24N4O3/c17-7-6-15(21)18-10-12-3-1-2-8-20(12)16(22)13-9-14(23-19-13)11-4-5-11/h9,11-12H,1-8,10,17H2,(H,18,21). The first kappa shape index (κ1) is 16.0. The van der Waals surface area contributed by atoms with Gasteiger partial charge in [-0.2, -0.15) is 0 Å². The summed E-state index contributed by atoms with van der Waals surface area (Å²) in [6, 6.07) is 1.79. The molecule has 1 atom stereocenters. The Morgan fingerprint density at radius 2 is 2.17 bits per heavy atom. The summed E-state index contributed by atoms with van der Waals surface area (Å²) in [4.78, 5) is 26.1. The third-order valence-electron chi connectivity index (χ3n) is 4.52. The van der Waals surface area contributed by atoms with Gasteiger partial charge in [0.2, 0.25) is 5.91 Å². The van der Waals surface area contributed by atoms with Gasteiger partial charge in [-0.05, 0) is 32.1 Å². The van der Waals surface area contributed by atoms with E-state index in [0.29, 0.717) is 37.7 Å². The van der Waals surface area contributed by atoms with E-state index in [0.717, 1.165) is 37.9 Å². The van der Waals surface area contributed by atoms with Crippen LogP contribution in [0.1, 0.15) is 60.7 Å². The lowest BCUT2D eigenvalue weighted by Gasteiger charge is -2.35. The number of nitrogens with two attached hydrogens (primary N) is 1. The Labute approximate surface area is 135 Å². The van der Waals surface area contributed by atoms with Crippen LogP contribution in [0, 0.1) is 0 Å².